The van der Waals surface area contributed by atoms with E-state index in [2.05, 4.69) is 5.32 Å². The van der Waals surface area contributed by atoms with Crippen LogP contribution in [0, 0.1) is 18.8 Å². The summed E-state index contributed by atoms with van der Waals surface area (Å²) >= 11 is 6.11. The molecule has 0 bridgehead atoms. The van der Waals surface area contributed by atoms with Crippen molar-refractivity contribution < 1.29 is 9.59 Å². The molecule has 21 heavy (non-hydrogen) atoms. The third-order valence-corrected chi connectivity index (χ3v) is 4.05. The van der Waals surface area contributed by atoms with Gasteiger partial charge in [0.15, 0.2) is 0 Å². The standard InChI is InChI=1S/C16H21ClN2O2/c1-10(2)8-18-16(21)12-6-15(20)19(9-12)13-5-4-11(3)14(17)7-13/h4-5,7,10,12H,6,8-9H2,1-3H3,(H,18,21)/t12-/m0/s1. The highest BCUT2D eigenvalue weighted by molar-refractivity contribution is 6.31. The van der Waals surface area contributed by atoms with Gasteiger partial charge in [0, 0.05) is 30.2 Å². The Labute approximate surface area is 130 Å². The number of hydrogen-bond acceptors (Lipinski definition) is 2. The summed E-state index contributed by atoms with van der Waals surface area (Å²) in [4.78, 5) is 25.8. The number of hydrogen-bond donors (Lipinski definition) is 1. The van der Waals surface area contributed by atoms with Crippen molar-refractivity contribution in [2.45, 2.75) is 27.2 Å². The van der Waals surface area contributed by atoms with E-state index in [9.17, 15) is 9.59 Å². The summed E-state index contributed by atoms with van der Waals surface area (Å²) in [5.41, 5.74) is 1.73. The fourth-order valence-corrected chi connectivity index (χ4v) is 2.51. The van der Waals surface area contributed by atoms with Crippen LogP contribution in [-0.2, 0) is 9.59 Å². The van der Waals surface area contributed by atoms with Gasteiger partial charge in [-0.15, -0.1) is 0 Å². The van der Waals surface area contributed by atoms with Crippen LogP contribution < -0.4 is 10.2 Å². The molecule has 1 saturated heterocycles. The lowest BCUT2D eigenvalue weighted by Crippen LogP contribution is -2.35. The molecule has 5 heteroatoms. The van der Waals surface area contributed by atoms with Crippen LogP contribution in [0.25, 0.3) is 0 Å². The Morgan fingerprint density at radius 1 is 1.48 bits per heavy atom. The second-order valence-corrected chi connectivity index (χ2v) is 6.39. The van der Waals surface area contributed by atoms with Gasteiger partial charge in [-0.3, -0.25) is 9.59 Å². The van der Waals surface area contributed by atoms with Gasteiger partial charge < -0.3 is 10.2 Å². The number of carbonyl (C=O) groups is 2. The van der Waals surface area contributed by atoms with Crippen molar-refractivity contribution in [3.63, 3.8) is 0 Å². The Kier molecular flexibility index (Phi) is 4.88. The van der Waals surface area contributed by atoms with Crippen molar-refractivity contribution in [1.82, 2.24) is 5.32 Å². The van der Waals surface area contributed by atoms with Gasteiger partial charge in [0.25, 0.3) is 0 Å². The minimum Gasteiger partial charge on any atom is -0.356 e. The van der Waals surface area contributed by atoms with Gasteiger partial charge in [0.05, 0.1) is 5.92 Å². The Morgan fingerprint density at radius 2 is 2.19 bits per heavy atom. The maximum atomic E-state index is 12.1. The van der Waals surface area contributed by atoms with Crippen LogP contribution in [0.5, 0.6) is 0 Å². The molecule has 2 rings (SSSR count). The number of halogens is 1. The van der Waals surface area contributed by atoms with E-state index in [1.54, 1.807) is 11.0 Å². The van der Waals surface area contributed by atoms with Gasteiger partial charge >= 0.3 is 0 Å². The number of carbonyl (C=O) groups excluding carboxylic acids is 2. The molecule has 0 saturated carbocycles. The summed E-state index contributed by atoms with van der Waals surface area (Å²) in [6.07, 6.45) is 0.259. The first-order valence-electron chi connectivity index (χ1n) is 7.22. The lowest BCUT2D eigenvalue weighted by molar-refractivity contribution is -0.126. The van der Waals surface area contributed by atoms with Crippen LogP contribution >= 0.6 is 11.6 Å². The number of benzene rings is 1. The monoisotopic (exact) mass is 308 g/mol. The predicted octanol–water partition coefficient (Wildman–Crippen LogP) is 2.77. The quantitative estimate of drug-likeness (QED) is 0.930. The topological polar surface area (TPSA) is 49.4 Å². The lowest BCUT2D eigenvalue weighted by Gasteiger charge is -2.17. The first-order valence-corrected chi connectivity index (χ1v) is 7.60. The number of amides is 2. The van der Waals surface area contributed by atoms with E-state index in [0.717, 1.165) is 11.3 Å². The molecule has 0 unspecified atom stereocenters. The van der Waals surface area contributed by atoms with E-state index in [-0.39, 0.29) is 24.2 Å². The van der Waals surface area contributed by atoms with Gasteiger partial charge in [-0.25, -0.2) is 0 Å². The number of anilines is 1. The van der Waals surface area contributed by atoms with Crippen molar-refractivity contribution in [2.24, 2.45) is 11.8 Å². The molecule has 1 atom stereocenters. The van der Waals surface area contributed by atoms with Crippen molar-refractivity contribution in [2.75, 3.05) is 18.0 Å². The summed E-state index contributed by atoms with van der Waals surface area (Å²) in [6, 6.07) is 5.54. The molecule has 0 aliphatic carbocycles. The van der Waals surface area contributed by atoms with Crippen molar-refractivity contribution in [3.05, 3.63) is 28.8 Å². The summed E-state index contributed by atoms with van der Waals surface area (Å²) in [7, 11) is 0. The second kappa shape index (κ2) is 6.48. The molecule has 1 aliphatic heterocycles. The minimum atomic E-state index is -0.281. The molecular formula is C16H21ClN2O2. The fraction of sp³-hybridized carbons (Fsp3) is 0.500. The first-order chi connectivity index (χ1) is 9.88. The highest BCUT2D eigenvalue weighted by Crippen LogP contribution is 2.28. The number of nitrogens with one attached hydrogen (secondary N) is 1. The van der Waals surface area contributed by atoms with Crippen LogP contribution in [0.2, 0.25) is 5.02 Å². The Balaban J connectivity index is 2.05. The van der Waals surface area contributed by atoms with Gasteiger partial charge in [-0.1, -0.05) is 31.5 Å². The summed E-state index contributed by atoms with van der Waals surface area (Å²) < 4.78 is 0. The average molecular weight is 309 g/mol. The van der Waals surface area contributed by atoms with E-state index in [4.69, 9.17) is 11.6 Å². The predicted molar refractivity (Wildman–Crippen MR) is 84.5 cm³/mol. The Bertz CT molecular complexity index is 557. The lowest BCUT2D eigenvalue weighted by atomic mass is 10.1. The third kappa shape index (κ3) is 3.76. The molecule has 4 nitrogen and oxygen atoms in total. The molecule has 1 heterocycles. The number of rotatable bonds is 4. The zero-order chi connectivity index (χ0) is 15.6. The normalized spacial score (nSPS) is 18.4. The Hall–Kier alpha value is -1.55. The minimum absolute atomic E-state index is 0.0281. The van der Waals surface area contributed by atoms with E-state index in [1.165, 1.54) is 0 Å². The highest BCUT2D eigenvalue weighted by atomic mass is 35.5. The molecule has 1 aliphatic rings. The molecule has 0 spiro atoms. The van der Waals surface area contributed by atoms with E-state index < -0.39 is 0 Å². The fourth-order valence-electron chi connectivity index (χ4n) is 2.33. The molecule has 1 aromatic rings. The number of nitrogens with zero attached hydrogens (tertiary/aromatic N) is 1. The SMILES string of the molecule is Cc1ccc(N2C[C@@H](C(=O)NCC(C)C)CC2=O)cc1Cl. The van der Waals surface area contributed by atoms with Crippen LogP contribution in [0.15, 0.2) is 18.2 Å². The van der Waals surface area contributed by atoms with Crippen molar-refractivity contribution in [3.8, 4) is 0 Å². The van der Waals surface area contributed by atoms with Crippen molar-refractivity contribution >= 4 is 29.1 Å². The first kappa shape index (κ1) is 15.8. The van der Waals surface area contributed by atoms with Gasteiger partial charge in [-0.05, 0) is 30.5 Å². The Morgan fingerprint density at radius 3 is 2.81 bits per heavy atom. The van der Waals surface area contributed by atoms with Gasteiger partial charge in [0.2, 0.25) is 11.8 Å². The maximum absolute atomic E-state index is 12.1. The smallest absolute Gasteiger partial charge is 0.227 e. The molecule has 114 valence electrons. The molecule has 1 N–H and O–H groups in total. The highest BCUT2D eigenvalue weighted by Gasteiger charge is 2.35. The van der Waals surface area contributed by atoms with E-state index in [0.29, 0.717) is 24.0 Å². The third-order valence-electron chi connectivity index (χ3n) is 3.65. The van der Waals surface area contributed by atoms with Crippen LogP contribution in [0.3, 0.4) is 0 Å². The summed E-state index contributed by atoms with van der Waals surface area (Å²) in [5.74, 6) is 0.0479. The molecule has 1 aromatic carbocycles. The molecule has 0 radical (unpaired) electrons. The van der Waals surface area contributed by atoms with Crippen LogP contribution in [-0.4, -0.2) is 24.9 Å². The molecule has 2 amide bonds. The zero-order valence-corrected chi connectivity index (χ0v) is 13.4. The summed E-state index contributed by atoms with van der Waals surface area (Å²) in [5, 5.41) is 3.53. The molecule has 1 fully saturated rings. The second-order valence-electron chi connectivity index (χ2n) is 5.98. The van der Waals surface area contributed by atoms with Crippen LogP contribution in [0.4, 0.5) is 5.69 Å². The van der Waals surface area contributed by atoms with Gasteiger partial charge in [0.1, 0.15) is 0 Å². The van der Waals surface area contributed by atoms with Gasteiger partial charge in [-0.2, -0.15) is 0 Å². The maximum Gasteiger partial charge on any atom is 0.227 e. The van der Waals surface area contributed by atoms with E-state index in [1.807, 2.05) is 32.9 Å². The van der Waals surface area contributed by atoms with E-state index >= 15 is 0 Å². The van der Waals surface area contributed by atoms with Crippen LogP contribution in [0.1, 0.15) is 25.8 Å². The summed E-state index contributed by atoms with van der Waals surface area (Å²) in [6.45, 7) is 7.06. The molecular weight excluding hydrogens is 288 g/mol. The number of aryl methyl sites for hydroxylation is 1. The zero-order valence-electron chi connectivity index (χ0n) is 12.6. The molecule has 0 aromatic heterocycles. The largest absolute Gasteiger partial charge is 0.356 e. The van der Waals surface area contributed by atoms with Crippen molar-refractivity contribution in [1.29, 1.82) is 0 Å². The average Bonchev–Trinajstić information content (AvgIpc) is 2.81.